The number of aryl methyl sites for hydroxylation is 1. The van der Waals surface area contributed by atoms with E-state index in [1.165, 1.54) is 6.07 Å². The second-order valence-electron chi connectivity index (χ2n) is 4.19. The zero-order valence-electron chi connectivity index (χ0n) is 10.9. The van der Waals surface area contributed by atoms with E-state index < -0.39 is 12.7 Å². The van der Waals surface area contributed by atoms with Crippen molar-refractivity contribution in [3.63, 3.8) is 0 Å². The van der Waals surface area contributed by atoms with Crippen LogP contribution in [-0.2, 0) is 6.42 Å². The second-order valence-corrected chi connectivity index (χ2v) is 4.19. The summed E-state index contributed by atoms with van der Waals surface area (Å²) in [6.45, 7) is -0.931. The van der Waals surface area contributed by atoms with E-state index in [0.29, 0.717) is 17.9 Å². The average Bonchev–Trinajstić information content (AvgIpc) is 2.87. The number of aromatic nitrogens is 2. The lowest BCUT2D eigenvalue weighted by Crippen LogP contribution is -2.16. The Kier molecular flexibility index (Phi) is 4.62. The number of ether oxygens (including phenoxy) is 1. The van der Waals surface area contributed by atoms with Crippen molar-refractivity contribution in [2.75, 3.05) is 0 Å². The summed E-state index contributed by atoms with van der Waals surface area (Å²) in [6, 6.07) is 5.51. The fraction of sp³-hybridized carbons (Fsp3) is 0.385. The Bertz CT molecular complexity index is 560. The van der Waals surface area contributed by atoms with Gasteiger partial charge in [0.25, 0.3) is 0 Å². The lowest BCUT2D eigenvalue weighted by molar-refractivity contribution is -0.0505. The molecule has 0 saturated heterocycles. The summed E-state index contributed by atoms with van der Waals surface area (Å²) < 4.78 is 34.2. The minimum absolute atomic E-state index is 0.0110. The fourth-order valence-corrected chi connectivity index (χ4v) is 1.79. The molecule has 0 saturated carbocycles. The number of hydrogen-bond acceptors (Lipinski definition) is 5. The molecule has 1 aromatic heterocycles. The van der Waals surface area contributed by atoms with Crippen LogP contribution in [0.2, 0.25) is 0 Å². The maximum Gasteiger partial charge on any atom is 0.387 e. The van der Waals surface area contributed by atoms with Crippen molar-refractivity contribution in [2.45, 2.75) is 32.4 Å². The maximum absolute atomic E-state index is 12.4. The minimum atomic E-state index is -2.91. The highest BCUT2D eigenvalue weighted by Crippen LogP contribution is 2.28. The first kappa shape index (κ1) is 14.4. The van der Waals surface area contributed by atoms with Gasteiger partial charge < -0.3 is 15.0 Å². The molecule has 2 rings (SSSR count). The van der Waals surface area contributed by atoms with Crippen LogP contribution in [0.25, 0.3) is 0 Å². The number of rotatable bonds is 6. The van der Waals surface area contributed by atoms with Crippen LogP contribution in [0.3, 0.4) is 0 Å². The minimum Gasteiger partial charge on any atom is -0.434 e. The van der Waals surface area contributed by atoms with Gasteiger partial charge in [-0.05, 0) is 12.5 Å². The van der Waals surface area contributed by atoms with E-state index in [-0.39, 0.29) is 11.6 Å². The molecule has 2 aromatic rings. The third kappa shape index (κ3) is 3.30. The highest BCUT2D eigenvalue weighted by molar-refractivity contribution is 5.38. The lowest BCUT2D eigenvalue weighted by Gasteiger charge is -2.13. The van der Waals surface area contributed by atoms with Gasteiger partial charge in [0.15, 0.2) is 5.82 Å². The summed E-state index contributed by atoms with van der Waals surface area (Å²) in [5, 5.41) is 3.78. The Morgan fingerprint density at radius 3 is 2.80 bits per heavy atom. The molecule has 0 amide bonds. The Morgan fingerprint density at radius 2 is 2.10 bits per heavy atom. The van der Waals surface area contributed by atoms with Crippen molar-refractivity contribution >= 4 is 0 Å². The highest BCUT2D eigenvalue weighted by Gasteiger charge is 2.20. The molecule has 1 aromatic carbocycles. The SMILES string of the molecule is CCCc1nc(C(N)c2ccccc2OC(F)F)no1. The van der Waals surface area contributed by atoms with Crippen LogP contribution in [0.5, 0.6) is 5.75 Å². The van der Waals surface area contributed by atoms with Gasteiger partial charge in [0, 0.05) is 12.0 Å². The molecular formula is C13H15F2N3O2. The van der Waals surface area contributed by atoms with E-state index in [1.54, 1.807) is 18.2 Å². The molecule has 108 valence electrons. The molecule has 0 aliphatic rings. The second kappa shape index (κ2) is 6.42. The summed E-state index contributed by atoms with van der Waals surface area (Å²) in [6.07, 6.45) is 1.51. The van der Waals surface area contributed by atoms with Crippen LogP contribution in [0.4, 0.5) is 8.78 Å². The zero-order valence-corrected chi connectivity index (χ0v) is 10.9. The monoisotopic (exact) mass is 283 g/mol. The number of para-hydroxylation sites is 1. The molecule has 7 heteroatoms. The highest BCUT2D eigenvalue weighted by atomic mass is 19.3. The zero-order chi connectivity index (χ0) is 14.5. The van der Waals surface area contributed by atoms with E-state index in [2.05, 4.69) is 14.9 Å². The molecule has 0 fully saturated rings. The number of halogens is 2. The van der Waals surface area contributed by atoms with Gasteiger partial charge in [-0.3, -0.25) is 0 Å². The smallest absolute Gasteiger partial charge is 0.387 e. The topological polar surface area (TPSA) is 74.2 Å². The molecule has 20 heavy (non-hydrogen) atoms. The Morgan fingerprint density at radius 1 is 1.35 bits per heavy atom. The molecule has 2 N–H and O–H groups in total. The molecule has 0 spiro atoms. The third-order valence-electron chi connectivity index (χ3n) is 2.70. The van der Waals surface area contributed by atoms with E-state index in [9.17, 15) is 8.78 Å². The van der Waals surface area contributed by atoms with E-state index in [4.69, 9.17) is 10.3 Å². The predicted octanol–water partition coefficient (Wildman–Crippen LogP) is 2.67. The number of hydrogen-bond donors (Lipinski definition) is 1. The van der Waals surface area contributed by atoms with Gasteiger partial charge in [-0.15, -0.1) is 0 Å². The standard InChI is InChI=1S/C13H15F2N3O2/c1-2-5-10-17-12(18-20-10)11(16)8-6-3-4-7-9(8)19-13(14)15/h3-4,6-7,11,13H,2,5,16H2,1H3. The van der Waals surface area contributed by atoms with Crippen LogP contribution < -0.4 is 10.5 Å². The number of alkyl halides is 2. The van der Waals surface area contributed by atoms with Gasteiger partial charge >= 0.3 is 6.61 Å². The Hall–Kier alpha value is -2.02. The first-order valence-corrected chi connectivity index (χ1v) is 6.23. The molecule has 1 unspecified atom stereocenters. The average molecular weight is 283 g/mol. The normalized spacial score (nSPS) is 12.7. The third-order valence-corrected chi connectivity index (χ3v) is 2.70. The fourth-order valence-electron chi connectivity index (χ4n) is 1.79. The van der Waals surface area contributed by atoms with Crippen molar-refractivity contribution in [3.05, 3.63) is 41.5 Å². The summed E-state index contributed by atoms with van der Waals surface area (Å²) in [4.78, 5) is 4.15. The summed E-state index contributed by atoms with van der Waals surface area (Å²) >= 11 is 0. The lowest BCUT2D eigenvalue weighted by atomic mass is 10.1. The molecule has 0 aliphatic heterocycles. The summed E-state index contributed by atoms with van der Waals surface area (Å²) in [7, 11) is 0. The molecular weight excluding hydrogens is 268 g/mol. The van der Waals surface area contributed by atoms with Crippen LogP contribution in [-0.4, -0.2) is 16.8 Å². The van der Waals surface area contributed by atoms with Gasteiger partial charge in [0.05, 0.1) is 6.04 Å². The van der Waals surface area contributed by atoms with Crippen LogP contribution in [0, 0.1) is 0 Å². The summed E-state index contributed by atoms with van der Waals surface area (Å²) in [5.41, 5.74) is 6.38. The van der Waals surface area contributed by atoms with Crippen molar-refractivity contribution in [3.8, 4) is 5.75 Å². The van der Waals surface area contributed by atoms with Crippen LogP contribution in [0.15, 0.2) is 28.8 Å². The molecule has 5 nitrogen and oxygen atoms in total. The Labute approximate surface area is 114 Å². The quantitative estimate of drug-likeness (QED) is 0.882. The predicted molar refractivity (Wildman–Crippen MR) is 67.4 cm³/mol. The Balaban J connectivity index is 2.25. The van der Waals surface area contributed by atoms with Crippen molar-refractivity contribution in [1.29, 1.82) is 0 Å². The first-order valence-electron chi connectivity index (χ1n) is 6.23. The van der Waals surface area contributed by atoms with Gasteiger partial charge in [0.1, 0.15) is 5.75 Å². The molecule has 1 atom stereocenters. The van der Waals surface area contributed by atoms with Crippen molar-refractivity contribution in [2.24, 2.45) is 5.73 Å². The maximum atomic E-state index is 12.4. The van der Waals surface area contributed by atoms with Crippen molar-refractivity contribution in [1.82, 2.24) is 10.1 Å². The largest absolute Gasteiger partial charge is 0.434 e. The van der Waals surface area contributed by atoms with Crippen LogP contribution >= 0.6 is 0 Å². The number of nitrogens with zero attached hydrogens (tertiary/aromatic N) is 2. The van der Waals surface area contributed by atoms with E-state index in [0.717, 1.165) is 6.42 Å². The number of benzene rings is 1. The van der Waals surface area contributed by atoms with Gasteiger partial charge in [0.2, 0.25) is 5.89 Å². The molecule has 0 bridgehead atoms. The van der Waals surface area contributed by atoms with Crippen LogP contribution in [0.1, 0.15) is 36.7 Å². The van der Waals surface area contributed by atoms with Gasteiger partial charge in [-0.1, -0.05) is 30.3 Å². The molecule has 1 heterocycles. The van der Waals surface area contributed by atoms with E-state index in [1.807, 2.05) is 6.92 Å². The number of nitrogens with two attached hydrogens (primary N) is 1. The van der Waals surface area contributed by atoms with E-state index >= 15 is 0 Å². The summed E-state index contributed by atoms with van der Waals surface area (Å²) in [5.74, 6) is 0.737. The van der Waals surface area contributed by atoms with Gasteiger partial charge in [-0.2, -0.15) is 13.8 Å². The van der Waals surface area contributed by atoms with Gasteiger partial charge in [-0.25, -0.2) is 0 Å². The first-order chi connectivity index (χ1) is 9.61. The van der Waals surface area contributed by atoms with Crippen molar-refractivity contribution < 1.29 is 18.0 Å². The molecule has 0 aliphatic carbocycles. The molecule has 0 radical (unpaired) electrons.